The van der Waals surface area contributed by atoms with E-state index in [1.807, 2.05) is 0 Å². The van der Waals surface area contributed by atoms with Gasteiger partial charge in [-0.3, -0.25) is 0 Å². The van der Waals surface area contributed by atoms with Crippen LogP contribution in [0.15, 0.2) is 188 Å². The molecule has 0 bridgehead atoms. The Hall–Kier alpha value is -6.84. The van der Waals surface area contributed by atoms with E-state index in [9.17, 15) is 0 Å². The van der Waals surface area contributed by atoms with Crippen molar-refractivity contribution < 1.29 is 0 Å². The Balaban J connectivity index is 1.25. The van der Waals surface area contributed by atoms with Crippen molar-refractivity contribution in [2.24, 2.45) is 0 Å². The van der Waals surface area contributed by atoms with E-state index in [0.717, 1.165) is 11.4 Å². The average molecular weight is 650 g/mol. The van der Waals surface area contributed by atoms with E-state index in [2.05, 4.69) is 202 Å². The number of nitrogens with zero attached hydrogens (tertiary/aromatic N) is 3. The van der Waals surface area contributed by atoms with Gasteiger partial charge in [-0.25, -0.2) is 0 Å². The molecule has 51 heavy (non-hydrogen) atoms. The predicted octanol–water partition coefficient (Wildman–Crippen LogP) is 12.6. The first-order valence-corrected chi connectivity index (χ1v) is 17.5. The Bertz CT molecular complexity index is 3110. The third-order valence-corrected chi connectivity index (χ3v) is 10.6. The summed E-state index contributed by atoms with van der Waals surface area (Å²) in [5.74, 6) is 0. The highest BCUT2D eigenvalue weighted by Gasteiger charge is 2.22. The summed E-state index contributed by atoms with van der Waals surface area (Å²) in [7, 11) is 0. The zero-order valence-electron chi connectivity index (χ0n) is 27.7. The Morgan fingerprint density at radius 3 is 1.35 bits per heavy atom. The number of hydrogen-bond acceptors (Lipinski definition) is 0. The number of aromatic nitrogens is 3. The van der Waals surface area contributed by atoms with Crippen LogP contribution in [0.2, 0.25) is 0 Å². The second-order valence-corrected chi connectivity index (χ2v) is 13.4. The second-order valence-electron chi connectivity index (χ2n) is 13.4. The first-order chi connectivity index (χ1) is 25.3. The molecule has 0 fully saturated rings. The molecule has 0 amide bonds. The van der Waals surface area contributed by atoms with E-state index < -0.39 is 0 Å². The fourth-order valence-corrected chi connectivity index (χ4v) is 8.43. The highest BCUT2D eigenvalue weighted by atomic mass is 15.1. The van der Waals surface area contributed by atoms with Gasteiger partial charge in [0.1, 0.15) is 0 Å². The van der Waals surface area contributed by atoms with Gasteiger partial charge >= 0.3 is 0 Å². The maximum absolute atomic E-state index is 2.49. The topological polar surface area (TPSA) is 14.8 Å². The molecule has 0 N–H and O–H groups in total. The maximum atomic E-state index is 2.49. The van der Waals surface area contributed by atoms with Gasteiger partial charge in [0.25, 0.3) is 0 Å². The van der Waals surface area contributed by atoms with Crippen LogP contribution in [0.25, 0.3) is 93.6 Å². The summed E-state index contributed by atoms with van der Waals surface area (Å²) < 4.78 is 7.36. The lowest BCUT2D eigenvalue weighted by Crippen LogP contribution is -2.00. The van der Waals surface area contributed by atoms with Gasteiger partial charge in [0.05, 0.1) is 38.8 Å². The zero-order chi connectivity index (χ0) is 33.5. The van der Waals surface area contributed by atoms with Crippen LogP contribution in [0.4, 0.5) is 0 Å². The van der Waals surface area contributed by atoms with E-state index in [4.69, 9.17) is 0 Å². The molecular weight excluding hydrogens is 619 g/mol. The summed E-state index contributed by atoms with van der Waals surface area (Å²) in [6.07, 6.45) is 0. The molecular formula is C48H31N3. The Morgan fingerprint density at radius 2 is 0.706 bits per heavy atom. The molecule has 3 nitrogen and oxygen atoms in total. The third-order valence-electron chi connectivity index (χ3n) is 10.6. The fraction of sp³-hybridized carbons (Fsp3) is 0. The van der Waals surface area contributed by atoms with Crippen molar-refractivity contribution in [1.82, 2.24) is 13.7 Å². The van der Waals surface area contributed by atoms with Crippen molar-refractivity contribution in [2.45, 2.75) is 0 Å². The SMILES string of the molecule is c1ccc(-c2ccc(-n3c4ccccc4c4cccc(-n5c6ccccc6c6cc7c(cc65)c5ccccc5n7-c5ccccc5)c43)cc2)cc1. The number of hydrogen-bond donors (Lipinski definition) is 0. The van der Waals surface area contributed by atoms with Gasteiger partial charge < -0.3 is 13.7 Å². The minimum atomic E-state index is 1.14. The molecule has 0 unspecified atom stereocenters. The minimum absolute atomic E-state index is 1.14. The summed E-state index contributed by atoms with van der Waals surface area (Å²) in [6.45, 7) is 0. The van der Waals surface area contributed by atoms with Gasteiger partial charge in [0.15, 0.2) is 0 Å². The quantitative estimate of drug-likeness (QED) is 0.180. The minimum Gasteiger partial charge on any atom is -0.309 e. The molecule has 0 spiro atoms. The molecule has 0 saturated carbocycles. The van der Waals surface area contributed by atoms with Gasteiger partial charge in [0, 0.05) is 43.7 Å². The maximum Gasteiger partial charge on any atom is 0.0782 e. The van der Waals surface area contributed by atoms with Gasteiger partial charge in [-0.05, 0) is 71.8 Å². The first-order valence-electron chi connectivity index (χ1n) is 17.5. The number of fused-ring (bicyclic) bond motifs is 9. The van der Waals surface area contributed by atoms with Crippen LogP contribution in [0.5, 0.6) is 0 Å². The smallest absolute Gasteiger partial charge is 0.0782 e. The largest absolute Gasteiger partial charge is 0.309 e. The van der Waals surface area contributed by atoms with Gasteiger partial charge in [-0.15, -0.1) is 0 Å². The zero-order valence-corrected chi connectivity index (χ0v) is 27.7. The lowest BCUT2D eigenvalue weighted by atomic mass is 10.1. The van der Waals surface area contributed by atoms with Crippen molar-refractivity contribution in [3.05, 3.63) is 188 Å². The molecule has 3 heteroatoms. The predicted molar refractivity (Wildman–Crippen MR) is 215 cm³/mol. The lowest BCUT2D eigenvalue weighted by molar-refractivity contribution is 1.13. The standard InChI is InChI=1S/C48H31N3/c1-3-14-32(15-4-1)33-26-28-35(29-27-33)50-43-23-11-7-18-36(43)39-21-13-25-45(48(39)50)51-44-24-12-9-20-38(44)41-30-46-40(31-47(41)51)37-19-8-10-22-42(37)49(46)34-16-5-2-6-17-34/h1-31H. The van der Waals surface area contributed by atoms with E-state index in [1.54, 1.807) is 0 Å². The summed E-state index contributed by atoms with van der Waals surface area (Å²) in [5.41, 5.74) is 13.1. The van der Waals surface area contributed by atoms with Crippen molar-refractivity contribution in [1.29, 1.82) is 0 Å². The molecule has 3 aromatic heterocycles. The van der Waals surface area contributed by atoms with Crippen LogP contribution in [-0.4, -0.2) is 13.7 Å². The summed E-state index contributed by atoms with van der Waals surface area (Å²) in [5, 5.41) is 7.46. The Morgan fingerprint density at radius 1 is 0.255 bits per heavy atom. The Labute approximate surface area is 294 Å². The van der Waals surface area contributed by atoms with E-state index in [0.29, 0.717) is 0 Å². The van der Waals surface area contributed by atoms with E-state index >= 15 is 0 Å². The van der Waals surface area contributed by atoms with Crippen LogP contribution in [-0.2, 0) is 0 Å². The van der Waals surface area contributed by atoms with Crippen LogP contribution < -0.4 is 0 Å². The number of para-hydroxylation sites is 5. The molecule has 0 saturated heterocycles. The van der Waals surface area contributed by atoms with Crippen LogP contribution in [0.3, 0.4) is 0 Å². The molecule has 0 aliphatic carbocycles. The van der Waals surface area contributed by atoms with Crippen molar-refractivity contribution in [3.63, 3.8) is 0 Å². The molecule has 8 aromatic carbocycles. The third kappa shape index (κ3) is 4.06. The van der Waals surface area contributed by atoms with Crippen LogP contribution in [0.1, 0.15) is 0 Å². The number of benzene rings is 8. The highest BCUT2D eigenvalue weighted by molar-refractivity contribution is 6.20. The molecule has 0 atom stereocenters. The van der Waals surface area contributed by atoms with Gasteiger partial charge in [-0.2, -0.15) is 0 Å². The Kier molecular flexibility index (Phi) is 5.96. The fourth-order valence-electron chi connectivity index (χ4n) is 8.43. The summed E-state index contributed by atoms with van der Waals surface area (Å²) in [4.78, 5) is 0. The summed E-state index contributed by atoms with van der Waals surface area (Å²) in [6, 6.07) is 68.4. The van der Waals surface area contributed by atoms with Gasteiger partial charge in [0.2, 0.25) is 0 Å². The van der Waals surface area contributed by atoms with Crippen LogP contribution in [0, 0.1) is 0 Å². The van der Waals surface area contributed by atoms with Crippen molar-refractivity contribution in [2.75, 3.05) is 0 Å². The molecule has 11 rings (SSSR count). The van der Waals surface area contributed by atoms with Gasteiger partial charge in [-0.1, -0.05) is 127 Å². The first kappa shape index (κ1) is 28.0. The number of rotatable bonds is 4. The normalized spacial score (nSPS) is 11.9. The summed E-state index contributed by atoms with van der Waals surface area (Å²) >= 11 is 0. The molecule has 0 aliphatic rings. The van der Waals surface area contributed by atoms with Crippen molar-refractivity contribution >= 4 is 65.4 Å². The molecule has 238 valence electrons. The lowest BCUT2D eigenvalue weighted by Gasteiger charge is -2.15. The van der Waals surface area contributed by atoms with Crippen molar-refractivity contribution in [3.8, 4) is 28.2 Å². The molecule has 0 aliphatic heterocycles. The monoisotopic (exact) mass is 649 g/mol. The molecule has 3 heterocycles. The van der Waals surface area contributed by atoms with E-state index in [-0.39, 0.29) is 0 Å². The van der Waals surface area contributed by atoms with E-state index in [1.165, 1.54) is 82.2 Å². The average Bonchev–Trinajstić information content (AvgIpc) is 3.83. The molecule has 0 radical (unpaired) electrons. The second kappa shape index (κ2) is 10.8. The highest BCUT2D eigenvalue weighted by Crippen LogP contribution is 2.42. The van der Waals surface area contributed by atoms with Crippen LogP contribution >= 0.6 is 0 Å². The molecule has 11 aromatic rings.